The summed E-state index contributed by atoms with van der Waals surface area (Å²) in [5.74, 6) is -0.140. The van der Waals surface area contributed by atoms with E-state index in [-0.39, 0.29) is 10.8 Å². The van der Waals surface area contributed by atoms with E-state index < -0.39 is 10.0 Å². The molecular weight excluding hydrogens is 398 g/mol. The Hall–Kier alpha value is -2.38. The molecule has 0 unspecified atom stereocenters. The number of benzene rings is 2. The summed E-state index contributed by atoms with van der Waals surface area (Å²) in [5.41, 5.74) is 1.94. The quantitative estimate of drug-likeness (QED) is 0.626. The molecule has 0 aliphatic carbocycles. The first-order valence-electron chi connectivity index (χ1n) is 10.6. The molecule has 1 fully saturated rings. The van der Waals surface area contributed by atoms with Gasteiger partial charge in [-0.2, -0.15) is 0 Å². The third-order valence-electron chi connectivity index (χ3n) is 5.37. The molecule has 162 valence electrons. The van der Waals surface area contributed by atoms with Gasteiger partial charge in [0.2, 0.25) is 0 Å². The van der Waals surface area contributed by atoms with Crippen LogP contribution in [0.1, 0.15) is 48.0 Å². The van der Waals surface area contributed by atoms with Gasteiger partial charge in [0.25, 0.3) is 15.9 Å². The molecule has 0 bridgehead atoms. The molecule has 3 rings (SSSR count). The molecule has 0 spiro atoms. The fourth-order valence-electron chi connectivity index (χ4n) is 3.59. The summed E-state index contributed by atoms with van der Waals surface area (Å²) in [6.45, 7) is 5.88. The first kappa shape index (κ1) is 22.3. The smallest absolute Gasteiger partial charge is 0.261 e. The predicted octanol–water partition coefficient (Wildman–Crippen LogP) is 3.79. The zero-order valence-corrected chi connectivity index (χ0v) is 18.4. The van der Waals surface area contributed by atoms with Crippen LogP contribution in [0.15, 0.2) is 53.4 Å². The molecule has 1 saturated heterocycles. The maximum absolute atomic E-state index is 12.5. The van der Waals surface area contributed by atoms with Crippen molar-refractivity contribution in [3.63, 3.8) is 0 Å². The van der Waals surface area contributed by atoms with Crippen LogP contribution in [-0.2, 0) is 10.0 Å². The lowest BCUT2D eigenvalue weighted by molar-refractivity contribution is 0.0951. The molecule has 6 nitrogen and oxygen atoms in total. The summed E-state index contributed by atoms with van der Waals surface area (Å²) < 4.78 is 27.5. The molecule has 0 aromatic heterocycles. The Morgan fingerprint density at radius 3 is 2.20 bits per heavy atom. The third kappa shape index (κ3) is 6.57. The fourth-order valence-corrected chi connectivity index (χ4v) is 4.65. The van der Waals surface area contributed by atoms with E-state index in [0.717, 1.165) is 31.6 Å². The largest absolute Gasteiger partial charge is 0.352 e. The summed E-state index contributed by atoms with van der Waals surface area (Å²) in [4.78, 5) is 15.0. The van der Waals surface area contributed by atoms with Crippen molar-refractivity contribution < 1.29 is 13.2 Å². The van der Waals surface area contributed by atoms with Gasteiger partial charge in [0.05, 0.1) is 4.90 Å². The van der Waals surface area contributed by atoms with E-state index in [2.05, 4.69) is 14.9 Å². The number of hydrogen-bond donors (Lipinski definition) is 2. The number of rotatable bonds is 8. The van der Waals surface area contributed by atoms with Gasteiger partial charge in [-0.15, -0.1) is 0 Å². The highest BCUT2D eigenvalue weighted by molar-refractivity contribution is 7.92. The predicted molar refractivity (Wildman–Crippen MR) is 120 cm³/mol. The maximum atomic E-state index is 12.5. The number of carbonyl (C=O) groups excluding carboxylic acids is 1. The second kappa shape index (κ2) is 10.6. The van der Waals surface area contributed by atoms with Crippen LogP contribution in [0.2, 0.25) is 0 Å². The first-order valence-corrected chi connectivity index (χ1v) is 12.1. The molecule has 2 aromatic carbocycles. The highest BCUT2D eigenvalue weighted by Crippen LogP contribution is 2.17. The van der Waals surface area contributed by atoms with Crippen LogP contribution in [0.4, 0.5) is 5.69 Å². The zero-order valence-electron chi connectivity index (χ0n) is 17.6. The topological polar surface area (TPSA) is 78.5 Å². The normalized spacial score (nSPS) is 15.4. The second-order valence-electron chi connectivity index (χ2n) is 7.86. The Bertz CT molecular complexity index is 917. The van der Waals surface area contributed by atoms with E-state index >= 15 is 0 Å². The molecule has 2 aromatic rings. The van der Waals surface area contributed by atoms with Crippen molar-refractivity contribution in [2.24, 2.45) is 0 Å². The lowest BCUT2D eigenvalue weighted by Gasteiger charge is -2.19. The van der Waals surface area contributed by atoms with Crippen molar-refractivity contribution in [3.05, 3.63) is 59.7 Å². The Morgan fingerprint density at radius 1 is 0.933 bits per heavy atom. The van der Waals surface area contributed by atoms with E-state index in [1.54, 1.807) is 48.5 Å². The van der Waals surface area contributed by atoms with E-state index in [0.29, 0.717) is 17.8 Å². The second-order valence-corrected chi connectivity index (χ2v) is 9.54. The van der Waals surface area contributed by atoms with Crippen LogP contribution in [0.5, 0.6) is 0 Å². The summed E-state index contributed by atoms with van der Waals surface area (Å²) in [6.07, 6.45) is 6.12. The number of carbonyl (C=O) groups is 1. The van der Waals surface area contributed by atoms with Crippen molar-refractivity contribution in [1.82, 2.24) is 10.2 Å². The Kier molecular flexibility index (Phi) is 7.87. The standard InChI is InChI=1S/C23H31N3O3S/c1-19-7-13-22(14-8-19)30(28,29)25-21-11-9-20(10-12-21)23(27)24-15-6-18-26-16-4-2-3-5-17-26/h7-14,25H,2-6,15-18H2,1H3,(H,24,27). The number of aryl methyl sites for hydroxylation is 1. The minimum Gasteiger partial charge on any atom is -0.352 e. The van der Waals surface area contributed by atoms with Crippen LogP contribution >= 0.6 is 0 Å². The van der Waals surface area contributed by atoms with Gasteiger partial charge in [-0.3, -0.25) is 9.52 Å². The van der Waals surface area contributed by atoms with Crippen molar-refractivity contribution in [2.75, 3.05) is 30.9 Å². The van der Waals surface area contributed by atoms with Crippen LogP contribution in [0.25, 0.3) is 0 Å². The highest BCUT2D eigenvalue weighted by Gasteiger charge is 2.14. The van der Waals surface area contributed by atoms with Crippen LogP contribution < -0.4 is 10.0 Å². The summed E-state index contributed by atoms with van der Waals surface area (Å²) >= 11 is 0. The van der Waals surface area contributed by atoms with Gasteiger partial charge in [0.1, 0.15) is 0 Å². The Labute approximate surface area is 179 Å². The van der Waals surface area contributed by atoms with Gasteiger partial charge in [-0.05, 0) is 82.2 Å². The number of sulfonamides is 1. The Morgan fingerprint density at radius 2 is 1.57 bits per heavy atom. The number of nitrogens with one attached hydrogen (secondary N) is 2. The van der Waals surface area contributed by atoms with Gasteiger partial charge < -0.3 is 10.2 Å². The SMILES string of the molecule is Cc1ccc(S(=O)(=O)Nc2ccc(C(=O)NCCCN3CCCCCC3)cc2)cc1. The van der Waals surface area contributed by atoms with E-state index in [9.17, 15) is 13.2 Å². The minimum atomic E-state index is -3.65. The molecule has 1 heterocycles. The van der Waals surface area contributed by atoms with Gasteiger partial charge in [-0.1, -0.05) is 30.5 Å². The average molecular weight is 430 g/mol. The zero-order chi connectivity index (χ0) is 21.4. The van der Waals surface area contributed by atoms with Gasteiger partial charge in [0, 0.05) is 17.8 Å². The molecular formula is C23H31N3O3S. The van der Waals surface area contributed by atoms with Gasteiger partial charge in [-0.25, -0.2) is 8.42 Å². The van der Waals surface area contributed by atoms with Crippen LogP contribution in [-0.4, -0.2) is 45.4 Å². The van der Waals surface area contributed by atoms with Gasteiger partial charge >= 0.3 is 0 Å². The van der Waals surface area contributed by atoms with Gasteiger partial charge in [0.15, 0.2) is 0 Å². The van der Waals surface area contributed by atoms with E-state index in [4.69, 9.17) is 0 Å². The van der Waals surface area contributed by atoms with Crippen molar-refractivity contribution in [3.8, 4) is 0 Å². The Balaban J connectivity index is 1.47. The number of hydrogen-bond acceptors (Lipinski definition) is 4. The summed E-state index contributed by atoms with van der Waals surface area (Å²) in [5, 5.41) is 2.95. The molecule has 0 radical (unpaired) electrons. The molecule has 2 N–H and O–H groups in total. The lowest BCUT2D eigenvalue weighted by Crippen LogP contribution is -2.30. The molecule has 0 saturated carbocycles. The van der Waals surface area contributed by atoms with Crippen LogP contribution in [0, 0.1) is 6.92 Å². The number of nitrogens with zero attached hydrogens (tertiary/aromatic N) is 1. The van der Waals surface area contributed by atoms with Crippen molar-refractivity contribution >= 4 is 21.6 Å². The highest BCUT2D eigenvalue weighted by atomic mass is 32.2. The molecule has 0 atom stereocenters. The number of amides is 1. The summed E-state index contributed by atoms with van der Waals surface area (Å²) in [7, 11) is -3.65. The minimum absolute atomic E-state index is 0.140. The van der Waals surface area contributed by atoms with Crippen LogP contribution in [0.3, 0.4) is 0 Å². The molecule has 1 amide bonds. The van der Waals surface area contributed by atoms with E-state index in [1.165, 1.54) is 25.7 Å². The summed E-state index contributed by atoms with van der Waals surface area (Å²) in [6, 6.07) is 13.2. The average Bonchev–Trinajstić information content (AvgIpc) is 3.00. The molecule has 30 heavy (non-hydrogen) atoms. The number of anilines is 1. The van der Waals surface area contributed by atoms with Crippen molar-refractivity contribution in [1.29, 1.82) is 0 Å². The first-order chi connectivity index (χ1) is 14.4. The molecule has 1 aliphatic rings. The fraction of sp³-hybridized carbons (Fsp3) is 0.435. The monoisotopic (exact) mass is 429 g/mol. The lowest BCUT2D eigenvalue weighted by atomic mass is 10.2. The molecule has 1 aliphatic heterocycles. The van der Waals surface area contributed by atoms with E-state index in [1.807, 2.05) is 6.92 Å². The maximum Gasteiger partial charge on any atom is 0.261 e. The number of likely N-dealkylation sites (tertiary alicyclic amines) is 1. The third-order valence-corrected chi connectivity index (χ3v) is 6.76. The van der Waals surface area contributed by atoms with Crippen molar-refractivity contribution in [2.45, 2.75) is 43.9 Å². The molecule has 7 heteroatoms.